The molecule has 0 aliphatic heterocycles. The first kappa shape index (κ1) is 17.5. The second-order valence-electron chi connectivity index (χ2n) is 6.69. The van der Waals surface area contributed by atoms with Crippen molar-refractivity contribution in [2.75, 3.05) is 11.9 Å². The third-order valence-corrected chi connectivity index (χ3v) is 4.94. The van der Waals surface area contributed by atoms with E-state index in [1.807, 2.05) is 37.3 Å². The average molecular weight is 375 g/mol. The van der Waals surface area contributed by atoms with Gasteiger partial charge in [-0.15, -0.1) is 0 Å². The summed E-state index contributed by atoms with van der Waals surface area (Å²) in [7, 11) is 0. The van der Waals surface area contributed by atoms with Crippen molar-refractivity contribution in [1.29, 1.82) is 0 Å². The lowest BCUT2D eigenvalue weighted by Crippen LogP contribution is -2.31. The van der Waals surface area contributed by atoms with Crippen LogP contribution in [0.1, 0.15) is 11.3 Å². The van der Waals surface area contributed by atoms with Crippen molar-refractivity contribution in [2.45, 2.75) is 20.4 Å². The van der Waals surface area contributed by atoms with Crippen LogP contribution in [0.5, 0.6) is 0 Å². The van der Waals surface area contributed by atoms with Crippen molar-refractivity contribution < 1.29 is 0 Å². The molecular weight excluding hydrogens is 352 g/mol. The molecule has 2 heterocycles. The van der Waals surface area contributed by atoms with E-state index in [2.05, 4.69) is 52.5 Å². The highest BCUT2D eigenvalue weighted by Crippen LogP contribution is 2.30. The summed E-state index contributed by atoms with van der Waals surface area (Å²) in [6, 6.07) is 20.6. The minimum absolute atomic E-state index is 0.627. The van der Waals surface area contributed by atoms with Crippen molar-refractivity contribution in [3.8, 4) is 0 Å². The minimum atomic E-state index is 0.627. The molecule has 0 bridgehead atoms. The number of hydrogen-bond acceptors (Lipinski definition) is 2. The normalized spacial score (nSPS) is 11.0. The number of rotatable bonds is 4. The van der Waals surface area contributed by atoms with Gasteiger partial charge in [0.2, 0.25) is 0 Å². The van der Waals surface area contributed by atoms with E-state index in [1.54, 1.807) is 0 Å². The molecule has 2 aromatic heterocycles. The summed E-state index contributed by atoms with van der Waals surface area (Å²) in [5, 5.41) is 9.63. The van der Waals surface area contributed by atoms with Crippen molar-refractivity contribution >= 4 is 45.0 Å². The highest BCUT2D eigenvalue weighted by atomic mass is 32.1. The summed E-state index contributed by atoms with van der Waals surface area (Å²) in [6.07, 6.45) is 0. The number of fused-ring (bicyclic) bond motifs is 3. The van der Waals surface area contributed by atoms with E-state index in [0.717, 1.165) is 30.1 Å². The van der Waals surface area contributed by atoms with Gasteiger partial charge in [0.15, 0.2) is 5.11 Å². The molecule has 2 aromatic carbocycles. The molecule has 27 heavy (non-hydrogen) atoms. The molecule has 4 aromatic rings. The van der Waals surface area contributed by atoms with Crippen LogP contribution in [0.25, 0.3) is 21.9 Å². The monoisotopic (exact) mass is 374 g/mol. The Morgan fingerprint density at radius 1 is 1.04 bits per heavy atom. The second kappa shape index (κ2) is 7.37. The van der Waals surface area contributed by atoms with Gasteiger partial charge in [-0.05, 0) is 55.9 Å². The number of aryl methyl sites for hydroxylation is 2. The maximum absolute atomic E-state index is 5.42. The molecule has 0 spiro atoms. The van der Waals surface area contributed by atoms with Crippen LogP contribution in [0.4, 0.5) is 5.69 Å². The van der Waals surface area contributed by atoms with Crippen LogP contribution in [-0.4, -0.2) is 21.2 Å². The maximum atomic E-state index is 5.42. The van der Waals surface area contributed by atoms with Crippen molar-refractivity contribution in [3.05, 3.63) is 71.9 Å². The lowest BCUT2D eigenvalue weighted by molar-refractivity contribution is 0.710. The number of pyridine rings is 1. The van der Waals surface area contributed by atoms with E-state index in [4.69, 9.17) is 17.2 Å². The molecule has 4 rings (SSSR count). The van der Waals surface area contributed by atoms with E-state index in [1.165, 1.54) is 21.9 Å². The lowest BCUT2D eigenvalue weighted by atomic mass is 10.1. The molecule has 0 aliphatic rings. The SMILES string of the molecule is Cc1cc(C)c2c3ccccc3n(CCNC(=S)Nc3ccccc3)c2n1. The fourth-order valence-electron chi connectivity index (χ4n) is 3.58. The van der Waals surface area contributed by atoms with Gasteiger partial charge < -0.3 is 15.2 Å². The van der Waals surface area contributed by atoms with Gasteiger partial charge in [-0.1, -0.05) is 36.4 Å². The van der Waals surface area contributed by atoms with Crippen molar-refractivity contribution in [2.24, 2.45) is 0 Å². The van der Waals surface area contributed by atoms with E-state index in [9.17, 15) is 0 Å². The third-order valence-electron chi connectivity index (χ3n) is 4.70. The van der Waals surface area contributed by atoms with Crippen molar-refractivity contribution in [3.63, 3.8) is 0 Å². The van der Waals surface area contributed by atoms with E-state index < -0.39 is 0 Å². The van der Waals surface area contributed by atoms with Crippen LogP contribution in [0.15, 0.2) is 60.7 Å². The van der Waals surface area contributed by atoms with E-state index in [-0.39, 0.29) is 0 Å². The predicted octanol–water partition coefficient (Wildman–Crippen LogP) is 4.79. The lowest BCUT2D eigenvalue weighted by Gasteiger charge is -2.12. The predicted molar refractivity (Wildman–Crippen MR) is 117 cm³/mol. The van der Waals surface area contributed by atoms with Gasteiger partial charge in [-0.25, -0.2) is 4.98 Å². The zero-order chi connectivity index (χ0) is 18.8. The number of aromatic nitrogens is 2. The molecule has 0 atom stereocenters. The zero-order valence-electron chi connectivity index (χ0n) is 15.5. The summed E-state index contributed by atoms with van der Waals surface area (Å²) in [5.41, 5.74) is 5.54. The molecule has 0 amide bonds. The topological polar surface area (TPSA) is 41.9 Å². The van der Waals surface area contributed by atoms with Gasteiger partial charge in [0, 0.05) is 35.2 Å². The molecule has 0 saturated heterocycles. The van der Waals surface area contributed by atoms with Crippen LogP contribution in [-0.2, 0) is 6.54 Å². The Hall–Kier alpha value is -2.92. The standard InChI is InChI=1S/C22H22N4S/c1-15-14-16(2)24-21-20(15)18-10-6-7-11-19(18)26(21)13-12-23-22(27)25-17-8-4-3-5-9-17/h3-11,14H,12-13H2,1-2H3,(H2,23,25,27). The first-order valence-electron chi connectivity index (χ1n) is 9.08. The maximum Gasteiger partial charge on any atom is 0.170 e. The van der Waals surface area contributed by atoms with Gasteiger partial charge in [-0.3, -0.25) is 0 Å². The van der Waals surface area contributed by atoms with Gasteiger partial charge in [0.05, 0.1) is 5.52 Å². The third kappa shape index (κ3) is 3.51. The number of para-hydroxylation sites is 2. The summed E-state index contributed by atoms with van der Waals surface area (Å²) < 4.78 is 2.28. The largest absolute Gasteiger partial charge is 0.361 e. The highest BCUT2D eigenvalue weighted by molar-refractivity contribution is 7.80. The van der Waals surface area contributed by atoms with Crippen molar-refractivity contribution in [1.82, 2.24) is 14.9 Å². The zero-order valence-corrected chi connectivity index (χ0v) is 16.3. The number of nitrogens with one attached hydrogen (secondary N) is 2. The van der Waals surface area contributed by atoms with E-state index >= 15 is 0 Å². The van der Waals surface area contributed by atoms with E-state index in [0.29, 0.717) is 5.11 Å². The van der Waals surface area contributed by atoms with Gasteiger partial charge >= 0.3 is 0 Å². The first-order chi connectivity index (χ1) is 13.1. The van der Waals surface area contributed by atoms with Crippen LogP contribution in [0.3, 0.4) is 0 Å². The smallest absolute Gasteiger partial charge is 0.170 e. The first-order valence-corrected chi connectivity index (χ1v) is 9.49. The number of benzene rings is 2. The van der Waals surface area contributed by atoms with Crippen LogP contribution in [0.2, 0.25) is 0 Å². The number of anilines is 1. The molecule has 4 nitrogen and oxygen atoms in total. The Morgan fingerprint density at radius 3 is 2.59 bits per heavy atom. The molecule has 136 valence electrons. The Morgan fingerprint density at radius 2 is 1.78 bits per heavy atom. The number of thiocarbonyl (C=S) groups is 1. The van der Waals surface area contributed by atoms with Crippen LogP contribution in [0, 0.1) is 13.8 Å². The summed E-state index contributed by atoms with van der Waals surface area (Å²) in [5.74, 6) is 0. The molecule has 0 unspecified atom stereocenters. The minimum Gasteiger partial charge on any atom is -0.361 e. The van der Waals surface area contributed by atoms with Gasteiger partial charge in [0.1, 0.15) is 5.65 Å². The number of nitrogens with zero attached hydrogens (tertiary/aromatic N) is 2. The summed E-state index contributed by atoms with van der Waals surface area (Å²) >= 11 is 5.42. The molecular formula is C22H22N4S. The summed E-state index contributed by atoms with van der Waals surface area (Å²) in [6.45, 7) is 5.72. The Labute approximate surface area is 164 Å². The molecule has 2 N–H and O–H groups in total. The molecule has 0 aliphatic carbocycles. The van der Waals surface area contributed by atoms with Gasteiger partial charge in [0.25, 0.3) is 0 Å². The Bertz CT molecular complexity index is 1120. The fraction of sp³-hybridized carbons (Fsp3) is 0.182. The second-order valence-corrected chi connectivity index (χ2v) is 7.10. The average Bonchev–Trinajstić information content (AvgIpc) is 2.96. The molecule has 5 heteroatoms. The molecule has 0 fully saturated rings. The quantitative estimate of drug-likeness (QED) is 0.504. The summed E-state index contributed by atoms with van der Waals surface area (Å²) in [4.78, 5) is 4.83. The number of hydrogen-bond donors (Lipinski definition) is 2. The van der Waals surface area contributed by atoms with Crippen LogP contribution < -0.4 is 10.6 Å². The molecule has 0 radical (unpaired) electrons. The molecule has 0 saturated carbocycles. The fourth-order valence-corrected chi connectivity index (χ4v) is 3.80. The Kier molecular flexibility index (Phi) is 4.77. The highest BCUT2D eigenvalue weighted by Gasteiger charge is 2.13. The van der Waals surface area contributed by atoms with Crippen LogP contribution >= 0.6 is 12.2 Å². The Balaban J connectivity index is 1.57. The van der Waals surface area contributed by atoms with Gasteiger partial charge in [-0.2, -0.15) is 0 Å².